The Morgan fingerprint density at radius 1 is 1.43 bits per heavy atom. The van der Waals surface area contributed by atoms with E-state index in [4.69, 9.17) is 11.6 Å². The van der Waals surface area contributed by atoms with Gasteiger partial charge in [-0.1, -0.05) is 24.1 Å². The second kappa shape index (κ2) is 4.18. The Kier molecular flexibility index (Phi) is 2.92. The molecule has 2 rings (SSSR count). The number of benzene rings is 1. The van der Waals surface area contributed by atoms with Gasteiger partial charge < -0.3 is 5.32 Å². The summed E-state index contributed by atoms with van der Waals surface area (Å²) in [6.07, 6.45) is 3.83. The van der Waals surface area contributed by atoms with Crippen molar-refractivity contribution in [2.45, 2.75) is 19.3 Å². The van der Waals surface area contributed by atoms with E-state index in [1.807, 2.05) is 0 Å². The largest absolute Gasteiger partial charge is 0.382 e. The normalized spacial score (nSPS) is 16.4. The van der Waals surface area contributed by atoms with E-state index in [1.165, 1.54) is 19.3 Å². The first-order valence-corrected chi connectivity index (χ1v) is 5.33. The molecule has 0 aromatic heterocycles. The molecule has 1 N–H and O–H groups in total. The molecule has 0 radical (unpaired) electrons. The summed E-state index contributed by atoms with van der Waals surface area (Å²) in [4.78, 5) is 0. The van der Waals surface area contributed by atoms with Crippen LogP contribution in [0.3, 0.4) is 0 Å². The van der Waals surface area contributed by atoms with Crippen LogP contribution in [0.15, 0.2) is 18.2 Å². The molecular formula is C11H13ClFN. The molecule has 1 aromatic rings. The Bertz CT molecular complexity index is 323. The number of rotatable bonds is 3. The van der Waals surface area contributed by atoms with Crippen molar-refractivity contribution < 1.29 is 4.39 Å². The van der Waals surface area contributed by atoms with Gasteiger partial charge in [-0.15, -0.1) is 0 Å². The predicted molar refractivity (Wildman–Crippen MR) is 57.2 cm³/mol. The molecule has 1 aromatic carbocycles. The van der Waals surface area contributed by atoms with Crippen LogP contribution in [0.4, 0.5) is 10.1 Å². The van der Waals surface area contributed by atoms with Crippen LogP contribution in [0, 0.1) is 11.7 Å². The lowest BCUT2D eigenvalue weighted by molar-refractivity contribution is 0.333. The topological polar surface area (TPSA) is 12.0 Å². The van der Waals surface area contributed by atoms with E-state index in [9.17, 15) is 4.39 Å². The van der Waals surface area contributed by atoms with Crippen LogP contribution in [0.5, 0.6) is 0 Å². The number of hydrogen-bond acceptors (Lipinski definition) is 1. The third kappa shape index (κ3) is 2.01. The summed E-state index contributed by atoms with van der Waals surface area (Å²) >= 11 is 5.66. The number of hydrogen-bond donors (Lipinski definition) is 1. The maximum absolute atomic E-state index is 13.4. The Labute approximate surface area is 88.3 Å². The summed E-state index contributed by atoms with van der Waals surface area (Å²) in [6.45, 7) is 0.858. The highest BCUT2D eigenvalue weighted by Crippen LogP contribution is 2.28. The van der Waals surface area contributed by atoms with Crippen LogP contribution in [-0.2, 0) is 0 Å². The molecule has 0 bridgehead atoms. The summed E-state index contributed by atoms with van der Waals surface area (Å²) in [6, 6.07) is 5.04. The van der Waals surface area contributed by atoms with Crippen LogP contribution >= 0.6 is 11.6 Å². The lowest BCUT2D eigenvalue weighted by Gasteiger charge is -2.25. The lowest BCUT2D eigenvalue weighted by Crippen LogP contribution is -2.21. The number of nitrogens with one attached hydrogen (secondary N) is 1. The Balaban J connectivity index is 1.97. The first kappa shape index (κ1) is 9.78. The van der Waals surface area contributed by atoms with Crippen molar-refractivity contribution in [1.82, 2.24) is 0 Å². The summed E-state index contributed by atoms with van der Waals surface area (Å²) in [5.74, 6) is 0.377. The molecule has 0 amide bonds. The third-order valence-electron chi connectivity index (χ3n) is 2.76. The first-order chi connectivity index (χ1) is 6.77. The molecule has 1 nitrogen and oxygen atoms in total. The fraction of sp³-hybridized carbons (Fsp3) is 0.455. The van der Waals surface area contributed by atoms with Crippen molar-refractivity contribution >= 4 is 17.3 Å². The Morgan fingerprint density at radius 2 is 2.21 bits per heavy atom. The van der Waals surface area contributed by atoms with Gasteiger partial charge in [0.1, 0.15) is 0 Å². The highest BCUT2D eigenvalue weighted by Gasteiger charge is 2.17. The molecular weight excluding hydrogens is 201 g/mol. The molecule has 1 saturated carbocycles. The summed E-state index contributed by atoms with van der Waals surface area (Å²) in [7, 11) is 0. The second-order valence-corrected chi connectivity index (χ2v) is 4.19. The molecule has 0 atom stereocenters. The van der Waals surface area contributed by atoms with Crippen molar-refractivity contribution in [3.8, 4) is 0 Å². The van der Waals surface area contributed by atoms with Gasteiger partial charge in [-0.25, -0.2) is 4.39 Å². The van der Waals surface area contributed by atoms with Gasteiger partial charge >= 0.3 is 0 Å². The van der Waals surface area contributed by atoms with Gasteiger partial charge in [-0.3, -0.25) is 0 Å². The maximum atomic E-state index is 13.4. The van der Waals surface area contributed by atoms with Gasteiger partial charge in [-0.05, 0) is 30.9 Å². The summed E-state index contributed by atoms with van der Waals surface area (Å²) in [5, 5.41) is 3.28. The van der Waals surface area contributed by atoms with E-state index in [0.717, 1.165) is 6.54 Å². The molecule has 76 valence electrons. The third-order valence-corrected chi connectivity index (χ3v) is 3.05. The van der Waals surface area contributed by atoms with Crippen LogP contribution in [0.2, 0.25) is 5.02 Å². The summed E-state index contributed by atoms with van der Waals surface area (Å²) in [5.41, 5.74) is 0.518. The summed E-state index contributed by atoms with van der Waals surface area (Å²) < 4.78 is 13.4. The quantitative estimate of drug-likeness (QED) is 0.808. The van der Waals surface area contributed by atoms with Crippen LogP contribution in [0.25, 0.3) is 0 Å². The molecule has 3 heteroatoms. The van der Waals surface area contributed by atoms with E-state index in [-0.39, 0.29) is 10.8 Å². The molecule has 1 fully saturated rings. The Morgan fingerprint density at radius 3 is 2.86 bits per heavy atom. The van der Waals surface area contributed by atoms with Gasteiger partial charge in [0, 0.05) is 6.54 Å². The van der Waals surface area contributed by atoms with Crippen molar-refractivity contribution in [3.05, 3.63) is 29.0 Å². The fourth-order valence-electron chi connectivity index (χ4n) is 1.59. The van der Waals surface area contributed by atoms with Gasteiger partial charge in [-0.2, -0.15) is 0 Å². The van der Waals surface area contributed by atoms with Crippen LogP contribution in [-0.4, -0.2) is 6.54 Å². The minimum absolute atomic E-state index is 0.184. The second-order valence-electron chi connectivity index (χ2n) is 3.78. The fourth-order valence-corrected chi connectivity index (χ4v) is 1.77. The van der Waals surface area contributed by atoms with E-state index in [1.54, 1.807) is 18.2 Å². The zero-order valence-corrected chi connectivity index (χ0v) is 8.65. The zero-order valence-electron chi connectivity index (χ0n) is 7.89. The molecule has 0 unspecified atom stereocenters. The van der Waals surface area contributed by atoms with E-state index < -0.39 is 0 Å². The van der Waals surface area contributed by atoms with E-state index >= 15 is 0 Å². The number of halogens is 2. The standard InChI is InChI=1S/C11H13ClFN/c12-9-5-2-6-10(11(9)13)14-7-8-3-1-4-8/h2,5-6,8,14H,1,3-4,7H2. The van der Waals surface area contributed by atoms with Crippen LogP contribution < -0.4 is 5.32 Å². The molecule has 0 spiro atoms. The van der Waals surface area contributed by atoms with E-state index in [0.29, 0.717) is 11.6 Å². The zero-order chi connectivity index (χ0) is 9.97. The van der Waals surface area contributed by atoms with Crippen molar-refractivity contribution in [2.75, 3.05) is 11.9 Å². The van der Waals surface area contributed by atoms with Crippen LogP contribution in [0.1, 0.15) is 19.3 Å². The van der Waals surface area contributed by atoms with Gasteiger partial charge in [0.05, 0.1) is 10.7 Å². The highest BCUT2D eigenvalue weighted by atomic mass is 35.5. The molecule has 1 aliphatic rings. The average molecular weight is 214 g/mol. The van der Waals surface area contributed by atoms with E-state index in [2.05, 4.69) is 5.32 Å². The molecule has 1 aliphatic carbocycles. The monoisotopic (exact) mass is 213 g/mol. The molecule has 14 heavy (non-hydrogen) atoms. The van der Waals surface area contributed by atoms with Crippen molar-refractivity contribution in [2.24, 2.45) is 5.92 Å². The lowest BCUT2D eigenvalue weighted by atomic mass is 9.85. The minimum Gasteiger partial charge on any atom is -0.382 e. The molecule has 0 heterocycles. The first-order valence-electron chi connectivity index (χ1n) is 4.95. The minimum atomic E-state index is -0.339. The Hall–Kier alpha value is -0.760. The average Bonchev–Trinajstić information content (AvgIpc) is 2.09. The predicted octanol–water partition coefficient (Wildman–Crippen LogP) is 3.69. The van der Waals surface area contributed by atoms with Crippen molar-refractivity contribution in [1.29, 1.82) is 0 Å². The van der Waals surface area contributed by atoms with Gasteiger partial charge in [0.15, 0.2) is 5.82 Å². The maximum Gasteiger partial charge on any atom is 0.164 e. The van der Waals surface area contributed by atoms with Gasteiger partial charge in [0.25, 0.3) is 0 Å². The van der Waals surface area contributed by atoms with Crippen molar-refractivity contribution in [3.63, 3.8) is 0 Å². The SMILES string of the molecule is Fc1c(Cl)cccc1NCC1CCC1. The van der Waals surface area contributed by atoms with Gasteiger partial charge in [0.2, 0.25) is 0 Å². The highest BCUT2D eigenvalue weighted by molar-refractivity contribution is 6.31. The molecule has 0 saturated heterocycles. The molecule has 0 aliphatic heterocycles. The smallest absolute Gasteiger partial charge is 0.164 e. The number of anilines is 1.